The zero-order chi connectivity index (χ0) is 18.8. The molecule has 1 amide bonds. The normalized spacial score (nSPS) is 10.6. The van der Waals surface area contributed by atoms with Gasteiger partial charge in [-0.2, -0.15) is 0 Å². The average molecular weight is 356 g/mol. The zero-order valence-corrected chi connectivity index (χ0v) is 15.9. The molecule has 0 fully saturated rings. The molecule has 0 aliphatic carbocycles. The Balaban J connectivity index is 2.15. The van der Waals surface area contributed by atoms with Crippen LogP contribution in [0.1, 0.15) is 20.8 Å². The van der Waals surface area contributed by atoms with E-state index < -0.39 is 0 Å². The second-order valence-corrected chi connectivity index (χ2v) is 5.74. The fourth-order valence-electron chi connectivity index (χ4n) is 2.66. The molecule has 0 atom stereocenters. The van der Waals surface area contributed by atoms with E-state index in [4.69, 9.17) is 9.47 Å². The average Bonchev–Trinajstić information content (AvgIpc) is 2.68. The molecule has 0 aliphatic rings. The monoisotopic (exact) mass is 356 g/mol. The van der Waals surface area contributed by atoms with E-state index in [1.54, 1.807) is 4.90 Å². The molecule has 2 rings (SSSR count). The lowest BCUT2D eigenvalue weighted by atomic mass is 10.2. The van der Waals surface area contributed by atoms with Crippen molar-refractivity contribution < 1.29 is 14.3 Å². The molecule has 2 aromatic rings. The van der Waals surface area contributed by atoms with Crippen molar-refractivity contribution in [3.63, 3.8) is 0 Å². The summed E-state index contributed by atoms with van der Waals surface area (Å²) in [5.74, 6) is 0.777. The van der Waals surface area contributed by atoms with Crippen LogP contribution in [-0.4, -0.2) is 43.8 Å². The second kappa shape index (κ2) is 10.5. The molecule has 0 spiro atoms. The van der Waals surface area contributed by atoms with Crippen LogP contribution < -0.4 is 9.64 Å². The van der Waals surface area contributed by atoms with Crippen molar-refractivity contribution in [2.45, 2.75) is 20.8 Å². The smallest absolute Gasteiger partial charge is 0.418 e. The molecule has 0 aliphatic heterocycles. The highest BCUT2D eigenvalue weighted by Crippen LogP contribution is 2.28. The molecule has 5 nitrogen and oxygen atoms in total. The zero-order valence-electron chi connectivity index (χ0n) is 15.9. The van der Waals surface area contributed by atoms with Crippen LogP contribution in [0.5, 0.6) is 5.75 Å². The van der Waals surface area contributed by atoms with E-state index >= 15 is 0 Å². The lowest BCUT2D eigenvalue weighted by Crippen LogP contribution is -2.32. The van der Waals surface area contributed by atoms with E-state index in [9.17, 15) is 4.79 Å². The van der Waals surface area contributed by atoms with Gasteiger partial charge in [-0.25, -0.2) is 9.69 Å². The first-order valence-corrected chi connectivity index (χ1v) is 9.16. The van der Waals surface area contributed by atoms with Gasteiger partial charge in [-0.1, -0.05) is 32.0 Å². The van der Waals surface area contributed by atoms with Gasteiger partial charge in [-0.05, 0) is 56.4 Å². The largest absolute Gasteiger partial charge is 0.494 e. The number of nitrogens with zero attached hydrogens (tertiary/aromatic N) is 2. The number of para-hydroxylation sites is 1. The third kappa shape index (κ3) is 5.49. The Kier molecular flexibility index (Phi) is 7.96. The number of ether oxygens (including phenoxy) is 2. The maximum absolute atomic E-state index is 12.8. The van der Waals surface area contributed by atoms with Gasteiger partial charge in [0.2, 0.25) is 0 Å². The van der Waals surface area contributed by atoms with Gasteiger partial charge in [0.15, 0.2) is 0 Å². The van der Waals surface area contributed by atoms with Crippen LogP contribution in [0.4, 0.5) is 16.2 Å². The number of likely N-dealkylation sites (N-methyl/N-ethyl adjacent to an activating group) is 1. The molecular formula is C21H28N2O3. The van der Waals surface area contributed by atoms with Crippen LogP contribution >= 0.6 is 0 Å². The summed E-state index contributed by atoms with van der Waals surface area (Å²) in [5, 5.41) is 0. The highest BCUT2D eigenvalue weighted by Gasteiger charge is 2.19. The first kappa shape index (κ1) is 19.8. The summed E-state index contributed by atoms with van der Waals surface area (Å²) in [4.78, 5) is 16.6. The van der Waals surface area contributed by atoms with Crippen molar-refractivity contribution in [2.24, 2.45) is 0 Å². The van der Waals surface area contributed by atoms with Crippen LogP contribution in [0.25, 0.3) is 0 Å². The first-order valence-electron chi connectivity index (χ1n) is 9.16. The number of carbonyl (C=O) groups is 1. The third-order valence-electron chi connectivity index (χ3n) is 4.13. The number of anilines is 2. The lowest BCUT2D eigenvalue weighted by Gasteiger charge is -2.24. The van der Waals surface area contributed by atoms with Gasteiger partial charge >= 0.3 is 6.09 Å². The van der Waals surface area contributed by atoms with Gasteiger partial charge in [0.25, 0.3) is 0 Å². The van der Waals surface area contributed by atoms with Gasteiger partial charge in [0.1, 0.15) is 12.4 Å². The van der Waals surface area contributed by atoms with E-state index in [1.807, 2.05) is 61.5 Å². The van der Waals surface area contributed by atoms with Crippen molar-refractivity contribution in [2.75, 3.05) is 37.7 Å². The molecular weight excluding hydrogens is 328 g/mol. The lowest BCUT2D eigenvalue weighted by molar-refractivity contribution is 0.138. The minimum absolute atomic E-state index is 0.362. The molecule has 0 heterocycles. The fourth-order valence-corrected chi connectivity index (χ4v) is 2.66. The highest BCUT2D eigenvalue weighted by molar-refractivity contribution is 5.96. The predicted molar refractivity (Wildman–Crippen MR) is 105 cm³/mol. The number of hydrogen-bond acceptors (Lipinski definition) is 4. The Labute approximate surface area is 156 Å². The SMILES string of the molecule is CCOc1ccc(N(C(=O)OCCN(CC)CC)c2ccccc2)cc1. The molecule has 0 aromatic heterocycles. The quantitative estimate of drug-likeness (QED) is 0.653. The summed E-state index contributed by atoms with van der Waals surface area (Å²) in [7, 11) is 0. The second-order valence-electron chi connectivity index (χ2n) is 5.74. The van der Waals surface area contributed by atoms with E-state index in [0.29, 0.717) is 13.2 Å². The number of carbonyl (C=O) groups excluding carboxylic acids is 1. The van der Waals surface area contributed by atoms with Crippen LogP contribution in [0.2, 0.25) is 0 Å². The van der Waals surface area contributed by atoms with Gasteiger partial charge in [-0.3, -0.25) is 0 Å². The summed E-state index contributed by atoms with van der Waals surface area (Å²) in [6.45, 7) is 9.71. The van der Waals surface area contributed by atoms with Gasteiger partial charge in [0.05, 0.1) is 18.0 Å². The van der Waals surface area contributed by atoms with Crippen molar-refractivity contribution in [3.8, 4) is 5.75 Å². The van der Waals surface area contributed by atoms with E-state index in [0.717, 1.165) is 36.8 Å². The third-order valence-corrected chi connectivity index (χ3v) is 4.13. The van der Waals surface area contributed by atoms with Crippen molar-refractivity contribution in [1.82, 2.24) is 4.90 Å². The van der Waals surface area contributed by atoms with Gasteiger partial charge in [-0.15, -0.1) is 0 Å². The standard InChI is InChI=1S/C21H28N2O3/c1-4-22(5-2)16-17-26-21(24)23(18-10-8-7-9-11-18)19-12-14-20(15-13-19)25-6-3/h7-15H,4-6,16-17H2,1-3H3. The van der Waals surface area contributed by atoms with Crippen molar-refractivity contribution in [3.05, 3.63) is 54.6 Å². The van der Waals surface area contributed by atoms with E-state index in [-0.39, 0.29) is 6.09 Å². The fraction of sp³-hybridized carbons (Fsp3) is 0.381. The Hall–Kier alpha value is -2.53. The molecule has 26 heavy (non-hydrogen) atoms. The minimum Gasteiger partial charge on any atom is -0.494 e. The van der Waals surface area contributed by atoms with Crippen molar-refractivity contribution >= 4 is 17.5 Å². The molecule has 0 saturated heterocycles. The highest BCUT2D eigenvalue weighted by atomic mass is 16.6. The van der Waals surface area contributed by atoms with Crippen LogP contribution in [0.15, 0.2) is 54.6 Å². The van der Waals surface area contributed by atoms with Crippen LogP contribution in [0, 0.1) is 0 Å². The van der Waals surface area contributed by atoms with E-state index in [2.05, 4.69) is 18.7 Å². The summed E-state index contributed by atoms with van der Waals surface area (Å²) in [6, 6.07) is 17.0. The maximum Gasteiger partial charge on any atom is 0.418 e. The number of hydrogen-bond donors (Lipinski definition) is 0. The van der Waals surface area contributed by atoms with Crippen LogP contribution in [0.3, 0.4) is 0 Å². The molecule has 0 bridgehead atoms. The summed E-state index contributed by atoms with van der Waals surface area (Å²) >= 11 is 0. The maximum atomic E-state index is 12.8. The van der Waals surface area contributed by atoms with E-state index in [1.165, 1.54) is 0 Å². The van der Waals surface area contributed by atoms with Gasteiger partial charge in [0, 0.05) is 6.54 Å². The summed E-state index contributed by atoms with van der Waals surface area (Å²) < 4.78 is 11.0. The number of benzene rings is 2. The number of amides is 1. The van der Waals surface area contributed by atoms with Crippen LogP contribution in [-0.2, 0) is 4.74 Å². The Morgan fingerprint density at radius 3 is 2.08 bits per heavy atom. The molecule has 0 radical (unpaired) electrons. The molecule has 0 N–H and O–H groups in total. The molecule has 0 saturated carbocycles. The molecule has 0 unspecified atom stereocenters. The predicted octanol–water partition coefficient (Wildman–Crippen LogP) is 4.70. The van der Waals surface area contributed by atoms with Crippen molar-refractivity contribution in [1.29, 1.82) is 0 Å². The molecule has 2 aromatic carbocycles. The Morgan fingerprint density at radius 2 is 1.50 bits per heavy atom. The minimum atomic E-state index is -0.382. The first-order chi connectivity index (χ1) is 12.7. The molecule has 5 heteroatoms. The topological polar surface area (TPSA) is 42.0 Å². The summed E-state index contributed by atoms with van der Waals surface area (Å²) in [6.07, 6.45) is -0.382. The Morgan fingerprint density at radius 1 is 0.885 bits per heavy atom. The number of rotatable bonds is 9. The Bertz CT molecular complexity index is 655. The molecule has 140 valence electrons. The summed E-state index contributed by atoms with van der Waals surface area (Å²) in [5.41, 5.74) is 1.51. The van der Waals surface area contributed by atoms with Gasteiger partial charge < -0.3 is 14.4 Å².